The van der Waals surface area contributed by atoms with E-state index in [2.05, 4.69) is 11.5 Å². The molecule has 0 aliphatic heterocycles. The Morgan fingerprint density at radius 1 is 1.31 bits per heavy atom. The van der Waals surface area contributed by atoms with E-state index in [-0.39, 0.29) is 0 Å². The Bertz CT molecular complexity index is 235. The van der Waals surface area contributed by atoms with Crippen molar-refractivity contribution in [1.29, 1.82) is 0 Å². The van der Waals surface area contributed by atoms with Crippen LogP contribution in [-0.2, 0) is 9.59 Å². The zero-order chi connectivity index (χ0) is 10.9. The molecule has 76 valence electrons. The molecule has 5 nitrogen and oxygen atoms in total. The Morgan fingerprint density at radius 2 is 1.69 bits per heavy atom. The minimum Gasteiger partial charge on any atom is -0.365 e. The van der Waals surface area contributed by atoms with Crippen LogP contribution in [0.15, 0.2) is 0 Å². The molecule has 13 heavy (non-hydrogen) atoms. The summed E-state index contributed by atoms with van der Waals surface area (Å²) in [6.07, 6.45) is 0. The Hall–Kier alpha value is -1.24. The molecule has 0 aromatic rings. The lowest BCUT2D eigenvalue weighted by Crippen LogP contribution is -2.58. The van der Waals surface area contributed by atoms with Crippen LogP contribution < -0.4 is 16.8 Å². The summed E-state index contributed by atoms with van der Waals surface area (Å²) in [5, 5.41) is 1.42. The number of halogens is 2. The maximum Gasteiger partial charge on any atom is 0.275 e. The van der Waals surface area contributed by atoms with Gasteiger partial charge < -0.3 is 11.1 Å². The maximum atomic E-state index is 13.0. The van der Waals surface area contributed by atoms with Gasteiger partial charge in [0.1, 0.15) is 0 Å². The summed E-state index contributed by atoms with van der Waals surface area (Å²) in [4.78, 5) is 21.1. The van der Waals surface area contributed by atoms with Crippen LogP contribution in [0.1, 0.15) is 13.8 Å². The average molecular weight is 195 g/mol. The molecule has 2 amide bonds. The molecular formula is C6H11F2N3O2. The fraction of sp³-hybridized carbons (Fsp3) is 0.667. The molecule has 0 radical (unpaired) electrons. The highest BCUT2D eigenvalue weighted by molar-refractivity contribution is 5.91. The molecule has 0 saturated heterocycles. The van der Waals surface area contributed by atoms with Gasteiger partial charge in [-0.05, 0) is 13.8 Å². The van der Waals surface area contributed by atoms with E-state index in [0.29, 0.717) is 6.92 Å². The minimum atomic E-state index is -2.80. The number of hydrogen-bond donors (Lipinski definition) is 3. The van der Waals surface area contributed by atoms with E-state index in [9.17, 15) is 18.4 Å². The standard InChI is InChI=1S/C6H11F2N3O2/c1-5(7,10)4(13)11-6(2,8)3(9)12/h10H2,1-2H3,(H2,9,12)(H,11,13)/t5-,6+/m1/s1. The van der Waals surface area contributed by atoms with Gasteiger partial charge in [-0.15, -0.1) is 0 Å². The first-order valence-corrected chi connectivity index (χ1v) is 3.36. The van der Waals surface area contributed by atoms with E-state index in [4.69, 9.17) is 0 Å². The fourth-order valence-corrected chi connectivity index (χ4v) is 0.397. The minimum absolute atomic E-state index is 0.693. The zero-order valence-corrected chi connectivity index (χ0v) is 7.23. The Balaban J connectivity index is 4.47. The molecule has 0 spiro atoms. The lowest BCUT2D eigenvalue weighted by atomic mass is 10.2. The quantitative estimate of drug-likeness (QED) is 0.499. The molecule has 0 heterocycles. The molecule has 0 aliphatic rings. The van der Waals surface area contributed by atoms with E-state index in [1.807, 2.05) is 0 Å². The Kier molecular flexibility index (Phi) is 2.94. The van der Waals surface area contributed by atoms with E-state index in [1.165, 1.54) is 5.32 Å². The molecule has 0 saturated carbocycles. The van der Waals surface area contributed by atoms with Gasteiger partial charge >= 0.3 is 0 Å². The number of hydrogen-bond acceptors (Lipinski definition) is 3. The van der Waals surface area contributed by atoms with Crippen molar-refractivity contribution >= 4 is 11.8 Å². The molecule has 0 aromatic heterocycles. The lowest BCUT2D eigenvalue weighted by Gasteiger charge is -2.21. The second-order valence-corrected chi connectivity index (χ2v) is 2.90. The highest BCUT2D eigenvalue weighted by Gasteiger charge is 2.38. The van der Waals surface area contributed by atoms with Crippen molar-refractivity contribution in [2.75, 3.05) is 0 Å². The molecule has 7 heteroatoms. The summed E-state index contributed by atoms with van der Waals surface area (Å²) in [5.74, 6) is -8.42. The number of nitrogens with one attached hydrogen (secondary N) is 1. The fourth-order valence-electron chi connectivity index (χ4n) is 0.397. The largest absolute Gasteiger partial charge is 0.365 e. The zero-order valence-electron chi connectivity index (χ0n) is 7.23. The topological polar surface area (TPSA) is 98.2 Å². The molecule has 5 N–H and O–H groups in total. The summed E-state index contributed by atoms with van der Waals surface area (Å²) in [7, 11) is 0. The lowest BCUT2D eigenvalue weighted by molar-refractivity contribution is -0.143. The van der Waals surface area contributed by atoms with Crippen molar-refractivity contribution in [3.05, 3.63) is 0 Å². The molecule has 0 rings (SSSR count). The second-order valence-electron chi connectivity index (χ2n) is 2.90. The van der Waals surface area contributed by atoms with Gasteiger partial charge in [0.05, 0.1) is 0 Å². The van der Waals surface area contributed by atoms with Crippen LogP contribution in [0.2, 0.25) is 0 Å². The first-order valence-electron chi connectivity index (χ1n) is 3.36. The summed E-state index contributed by atoms with van der Waals surface area (Å²) in [5.41, 5.74) is 9.26. The van der Waals surface area contributed by atoms with Crippen molar-refractivity contribution in [1.82, 2.24) is 5.32 Å². The smallest absolute Gasteiger partial charge is 0.275 e. The van der Waals surface area contributed by atoms with Gasteiger partial charge in [-0.25, -0.2) is 8.78 Å². The van der Waals surface area contributed by atoms with Crippen molar-refractivity contribution < 1.29 is 18.4 Å². The third kappa shape index (κ3) is 3.32. The maximum absolute atomic E-state index is 13.0. The first-order chi connectivity index (χ1) is 5.57. The van der Waals surface area contributed by atoms with E-state index >= 15 is 0 Å². The van der Waals surface area contributed by atoms with Gasteiger partial charge in [-0.2, -0.15) is 0 Å². The Labute approximate surface area is 73.4 Å². The number of carbonyl (C=O) groups is 2. The SMILES string of the molecule is C[C@](N)(F)C(=O)N[C@](C)(F)C(N)=O. The van der Waals surface area contributed by atoms with Gasteiger partial charge in [0.15, 0.2) is 0 Å². The van der Waals surface area contributed by atoms with Gasteiger partial charge in [-0.1, -0.05) is 0 Å². The van der Waals surface area contributed by atoms with Gasteiger partial charge in [-0.3, -0.25) is 15.3 Å². The summed E-state index contributed by atoms with van der Waals surface area (Å²) in [6.45, 7) is 1.42. The van der Waals surface area contributed by atoms with Crippen LogP contribution in [0.4, 0.5) is 8.78 Å². The Morgan fingerprint density at radius 3 is 1.92 bits per heavy atom. The first kappa shape index (κ1) is 11.8. The number of primary amides is 1. The summed E-state index contributed by atoms with van der Waals surface area (Å²) >= 11 is 0. The molecule has 0 aliphatic carbocycles. The number of amides is 2. The summed E-state index contributed by atoms with van der Waals surface area (Å²) in [6, 6.07) is 0. The second kappa shape index (κ2) is 3.25. The van der Waals surface area contributed by atoms with E-state index < -0.39 is 23.4 Å². The predicted molar refractivity (Wildman–Crippen MR) is 40.6 cm³/mol. The normalized spacial score (nSPS) is 19.8. The van der Waals surface area contributed by atoms with Crippen molar-refractivity contribution in [3.63, 3.8) is 0 Å². The van der Waals surface area contributed by atoms with Crippen molar-refractivity contribution in [2.24, 2.45) is 11.5 Å². The number of nitrogens with two attached hydrogens (primary N) is 2. The van der Waals surface area contributed by atoms with Crippen LogP contribution >= 0.6 is 0 Å². The van der Waals surface area contributed by atoms with Crippen LogP contribution in [0.5, 0.6) is 0 Å². The van der Waals surface area contributed by atoms with E-state index in [0.717, 1.165) is 6.92 Å². The molecule has 0 unspecified atom stereocenters. The highest BCUT2D eigenvalue weighted by atomic mass is 19.2. The highest BCUT2D eigenvalue weighted by Crippen LogP contribution is 2.08. The molecule has 0 fully saturated rings. The van der Waals surface area contributed by atoms with Crippen LogP contribution in [0.3, 0.4) is 0 Å². The number of rotatable bonds is 3. The number of alkyl halides is 2. The third-order valence-corrected chi connectivity index (χ3v) is 1.25. The average Bonchev–Trinajstić information content (AvgIpc) is 1.83. The van der Waals surface area contributed by atoms with Crippen molar-refractivity contribution in [3.8, 4) is 0 Å². The third-order valence-electron chi connectivity index (χ3n) is 1.25. The monoisotopic (exact) mass is 195 g/mol. The molecular weight excluding hydrogens is 184 g/mol. The molecule has 0 bridgehead atoms. The molecule has 0 aromatic carbocycles. The van der Waals surface area contributed by atoms with Gasteiger partial charge in [0.25, 0.3) is 17.6 Å². The predicted octanol–water partition coefficient (Wildman–Crippen LogP) is -1.08. The van der Waals surface area contributed by atoms with Crippen LogP contribution in [-0.4, -0.2) is 23.4 Å². The summed E-state index contributed by atoms with van der Waals surface area (Å²) < 4.78 is 25.6. The van der Waals surface area contributed by atoms with Crippen LogP contribution in [0, 0.1) is 0 Å². The van der Waals surface area contributed by atoms with Crippen molar-refractivity contribution in [2.45, 2.75) is 25.4 Å². The number of carbonyl (C=O) groups excluding carboxylic acids is 2. The van der Waals surface area contributed by atoms with Crippen LogP contribution in [0.25, 0.3) is 0 Å². The van der Waals surface area contributed by atoms with E-state index in [1.54, 1.807) is 0 Å². The molecule has 2 atom stereocenters. The van der Waals surface area contributed by atoms with Gasteiger partial charge in [0, 0.05) is 0 Å². The van der Waals surface area contributed by atoms with Gasteiger partial charge in [0.2, 0.25) is 5.79 Å².